The number of hydrogen-bond acceptors (Lipinski definition) is 8. The van der Waals surface area contributed by atoms with Gasteiger partial charge in [-0.1, -0.05) is 30.3 Å². The van der Waals surface area contributed by atoms with Crippen molar-refractivity contribution < 1.29 is 34.2 Å². The molecule has 1 heterocycles. The van der Waals surface area contributed by atoms with Crippen molar-refractivity contribution in [2.45, 2.75) is 69.1 Å². The minimum atomic E-state index is -1.49. The Hall–Kier alpha value is -4.30. The molecule has 40 heavy (non-hydrogen) atoms. The molecule has 0 aliphatic heterocycles. The van der Waals surface area contributed by atoms with Gasteiger partial charge in [0.05, 0.1) is 12.4 Å². The average Bonchev–Trinajstić information content (AvgIpc) is 3.43. The maximum atomic E-state index is 13.3. The molecule has 0 saturated carbocycles. The van der Waals surface area contributed by atoms with Crippen LogP contribution in [0.3, 0.4) is 0 Å². The number of aromatic nitrogens is 2. The van der Waals surface area contributed by atoms with Gasteiger partial charge in [-0.05, 0) is 44.2 Å². The summed E-state index contributed by atoms with van der Waals surface area (Å²) in [7, 11) is 0. The molecule has 218 valence electrons. The second-order valence-corrected chi connectivity index (χ2v) is 9.32. The van der Waals surface area contributed by atoms with E-state index in [0.29, 0.717) is 25.1 Å². The normalized spacial score (nSPS) is 13.8. The Labute approximate surface area is 231 Å². The fourth-order valence-electron chi connectivity index (χ4n) is 3.90. The number of carbonyl (C=O) groups excluding carboxylic acids is 3. The maximum Gasteiger partial charge on any atom is 0.326 e. The van der Waals surface area contributed by atoms with Crippen LogP contribution < -0.4 is 27.4 Å². The predicted molar refractivity (Wildman–Crippen MR) is 144 cm³/mol. The van der Waals surface area contributed by atoms with Crippen molar-refractivity contribution in [2.75, 3.05) is 6.54 Å². The Kier molecular flexibility index (Phi) is 13.3. The largest absolute Gasteiger partial charge is 0.481 e. The Morgan fingerprint density at radius 2 is 1.50 bits per heavy atom. The third-order valence-electron chi connectivity index (χ3n) is 6.09. The van der Waals surface area contributed by atoms with Crippen LogP contribution >= 0.6 is 0 Å². The number of unbranched alkanes of at least 4 members (excludes halogenated alkanes) is 1. The highest BCUT2D eigenvalue weighted by molar-refractivity contribution is 5.94. The van der Waals surface area contributed by atoms with Gasteiger partial charge in [0.2, 0.25) is 17.7 Å². The number of aliphatic carboxylic acids is 2. The first-order chi connectivity index (χ1) is 19.1. The highest BCUT2D eigenvalue weighted by atomic mass is 16.4. The number of hydrogen-bond donors (Lipinski definition) is 8. The van der Waals surface area contributed by atoms with Crippen molar-refractivity contribution in [3.05, 3.63) is 54.1 Å². The van der Waals surface area contributed by atoms with Crippen LogP contribution in [-0.2, 0) is 36.8 Å². The number of carbonyl (C=O) groups is 5. The summed E-state index contributed by atoms with van der Waals surface area (Å²) in [6.07, 6.45) is 3.50. The number of nitrogens with two attached hydrogens (primary N) is 2. The number of benzene rings is 1. The number of amides is 3. The summed E-state index contributed by atoms with van der Waals surface area (Å²) in [4.78, 5) is 68.5. The van der Waals surface area contributed by atoms with Crippen molar-refractivity contribution in [1.82, 2.24) is 25.9 Å². The van der Waals surface area contributed by atoms with Crippen LogP contribution in [0.15, 0.2) is 42.9 Å². The Morgan fingerprint density at radius 3 is 2.10 bits per heavy atom. The highest BCUT2D eigenvalue weighted by Gasteiger charge is 2.31. The summed E-state index contributed by atoms with van der Waals surface area (Å²) in [5.41, 5.74) is 13.0. The smallest absolute Gasteiger partial charge is 0.326 e. The molecule has 0 saturated heterocycles. The van der Waals surface area contributed by atoms with Gasteiger partial charge in [0.1, 0.15) is 18.1 Å². The first-order valence-electron chi connectivity index (χ1n) is 12.9. The van der Waals surface area contributed by atoms with E-state index in [0.717, 1.165) is 5.56 Å². The van der Waals surface area contributed by atoms with Crippen molar-refractivity contribution >= 4 is 29.7 Å². The summed E-state index contributed by atoms with van der Waals surface area (Å²) < 4.78 is 0. The van der Waals surface area contributed by atoms with Gasteiger partial charge in [-0.15, -0.1) is 0 Å². The maximum absolute atomic E-state index is 13.3. The van der Waals surface area contributed by atoms with E-state index in [4.69, 9.17) is 16.6 Å². The zero-order valence-corrected chi connectivity index (χ0v) is 22.0. The second kappa shape index (κ2) is 16.6. The average molecular weight is 560 g/mol. The lowest BCUT2D eigenvalue weighted by molar-refractivity contribution is -0.143. The van der Waals surface area contributed by atoms with E-state index >= 15 is 0 Å². The third kappa shape index (κ3) is 11.2. The first kappa shape index (κ1) is 31.9. The van der Waals surface area contributed by atoms with Gasteiger partial charge in [0.15, 0.2) is 0 Å². The standard InChI is InChI=1S/C26H37N7O7/c27-11-5-4-8-19(31-23(36)18(28)12-16-6-2-1-3-7-16)24(37)33-21(13-17-14-29-15-30-17)25(38)32-20(26(39)40)9-10-22(34)35/h1-3,6-7,14-15,18-21H,4-5,8-13,27-28H2,(H,29,30)(H,31,36)(H,32,38)(H,33,37)(H,34,35)(H,39,40). The van der Waals surface area contributed by atoms with Crippen LogP contribution in [0.2, 0.25) is 0 Å². The van der Waals surface area contributed by atoms with Crippen molar-refractivity contribution in [2.24, 2.45) is 11.5 Å². The Bertz CT molecular complexity index is 1110. The number of imidazole rings is 1. The lowest BCUT2D eigenvalue weighted by Crippen LogP contribution is -2.57. The molecule has 1 aromatic carbocycles. The topological polar surface area (TPSA) is 243 Å². The van der Waals surface area contributed by atoms with E-state index in [9.17, 15) is 29.1 Å². The molecule has 0 spiro atoms. The number of carboxylic acid groups (broad SMARTS) is 2. The number of nitrogens with one attached hydrogen (secondary N) is 4. The molecule has 2 rings (SSSR count). The first-order valence-corrected chi connectivity index (χ1v) is 12.9. The van der Waals surface area contributed by atoms with Crippen molar-refractivity contribution in [3.8, 4) is 0 Å². The van der Waals surface area contributed by atoms with Gasteiger partial charge in [-0.2, -0.15) is 0 Å². The SMILES string of the molecule is NCCCCC(NC(=O)C(N)Cc1ccccc1)C(=O)NC(Cc1cnc[nH]1)C(=O)NC(CCC(=O)O)C(=O)O. The van der Waals surface area contributed by atoms with Crippen LogP contribution in [-0.4, -0.2) is 80.6 Å². The molecule has 1 aromatic heterocycles. The molecule has 2 aromatic rings. The van der Waals surface area contributed by atoms with Gasteiger partial charge in [-0.3, -0.25) is 19.2 Å². The van der Waals surface area contributed by atoms with E-state index in [1.54, 1.807) is 0 Å². The molecule has 0 fully saturated rings. The summed E-state index contributed by atoms with van der Waals surface area (Å²) >= 11 is 0. The number of nitrogens with zero attached hydrogens (tertiary/aromatic N) is 1. The van der Waals surface area contributed by atoms with Crippen molar-refractivity contribution in [3.63, 3.8) is 0 Å². The molecule has 4 atom stereocenters. The van der Waals surface area contributed by atoms with E-state index in [2.05, 4.69) is 25.9 Å². The molecule has 3 amide bonds. The minimum absolute atomic E-state index is 0.0696. The summed E-state index contributed by atoms with van der Waals surface area (Å²) in [5.74, 6) is -4.70. The minimum Gasteiger partial charge on any atom is -0.481 e. The molecule has 14 nitrogen and oxygen atoms in total. The van der Waals surface area contributed by atoms with Gasteiger partial charge in [0.25, 0.3) is 0 Å². The number of rotatable bonds is 18. The van der Waals surface area contributed by atoms with Gasteiger partial charge in [-0.25, -0.2) is 9.78 Å². The predicted octanol–water partition coefficient (Wildman–Crippen LogP) is -0.945. The molecule has 4 unspecified atom stereocenters. The summed E-state index contributed by atoms with van der Waals surface area (Å²) in [6.45, 7) is 0.383. The molecule has 10 N–H and O–H groups in total. The fraction of sp³-hybridized carbons (Fsp3) is 0.462. The van der Waals surface area contributed by atoms with Gasteiger partial charge < -0.3 is 42.6 Å². The molecular formula is C26H37N7O7. The lowest BCUT2D eigenvalue weighted by Gasteiger charge is -2.25. The zero-order chi connectivity index (χ0) is 29.5. The van der Waals surface area contributed by atoms with Crippen LogP contribution in [0.5, 0.6) is 0 Å². The third-order valence-corrected chi connectivity index (χ3v) is 6.09. The molecule has 0 aliphatic rings. The molecule has 0 radical (unpaired) electrons. The van der Waals surface area contributed by atoms with E-state index in [1.165, 1.54) is 12.5 Å². The van der Waals surface area contributed by atoms with E-state index in [-0.39, 0.29) is 25.7 Å². The highest BCUT2D eigenvalue weighted by Crippen LogP contribution is 2.08. The molecular weight excluding hydrogens is 522 g/mol. The van der Waals surface area contributed by atoms with Crippen molar-refractivity contribution in [1.29, 1.82) is 0 Å². The fourth-order valence-corrected chi connectivity index (χ4v) is 3.90. The van der Waals surface area contributed by atoms with Crippen LogP contribution in [0.4, 0.5) is 0 Å². The molecule has 14 heteroatoms. The monoisotopic (exact) mass is 559 g/mol. The Morgan fingerprint density at radius 1 is 0.850 bits per heavy atom. The number of aromatic amines is 1. The molecule has 0 aliphatic carbocycles. The Balaban J connectivity index is 2.16. The zero-order valence-electron chi connectivity index (χ0n) is 22.0. The van der Waals surface area contributed by atoms with E-state index in [1.807, 2.05) is 30.3 Å². The van der Waals surface area contributed by atoms with Gasteiger partial charge >= 0.3 is 11.9 Å². The molecule has 0 bridgehead atoms. The summed E-state index contributed by atoms with van der Waals surface area (Å²) in [6, 6.07) is 4.44. The van der Waals surface area contributed by atoms with Crippen LogP contribution in [0.1, 0.15) is 43.4 Å². The lowest BCUT2D eigenvalue weighted by atomic mass is 10.0. The van der Waals surface area contributed by atoms with Gasteiger partial charge in [0, 0.05) is 24.7 Å². The van der Waals surface area contributed by atoms with E-state index < -0.39 is 60.2 Å². The van der Waals surface area contributed by atoms with Crippen LogP contribution in [0, 0.1) is 0 Å². The number of carboxylic acids is 2. The quantitative estimate of drug-likeness (QED) is 0.104. The van der Waals surface area contributed by atoms with Crippen LogP contribution in [0.25, 0.3) is 0 Å². The second-order valence-electron chi connectivity index (χ2n) is 9.32. The number of H-pyrrole nitrogens is 1. The summed E-state index contributed by atoms with van der Waals surface area (Å²) in [5, 5.41) is 25.9.